The Bertz CT molecular complexity index is 775. The molecule has 8 heteroatoms. The van der Waals surface area contributed by atoms with Crippen molar-refractivity contribution in [3.63, 3.8) is 0 Å². The van der Waals surface area contributed by atoms with E-state index in [-0.39, 0.29) is 24.3 Å². The molecular formula is C18H21N3O5. The Kier molecular flexibility index (Phi) is 5.40. The molecule has 0 unspecified atom stereocenters. The van der Waals surface area contributed by atoms with Crippen molar-refractivity contribution in [3.8, 4) is 0 Å². The molecule has 1 fully saturated rings. The van der Waals surface area contributed by atoms with Gasteiger partial charge in [0.2, 0.25) is 5.91 Å². The molecule has 0 saturated carbocycles. The van der Waals surface area contributed by atoms with Gasteiger partial charge in [0.25, 0.3) is 5.91 Å². The third kappa shape index (κ3) is 3.96. The zero-order valence-electron chi connectivity index (χ0n) is 14.6. The highest BCUT2D eigenvalue weighted by Gasteiger charge is 2.25. The summed E-state index contributed by atoms with van der Waals surface area (Å²) in [5.74, 6) is -0.455. The summed E-state index contributed by atoms with van der Waals surface area (Å²) in [5.41, 5.74) is 0.624. The third-order valence-corrected chi connectivity index (χ3v) is 4.21. The lowest BCUT2D eigenvalue weighted by molar-refractivity contribution is -0.131. The molecule has 1 saturated heterocycles. The van der Waals surface area contributed by atoms with E-state index in [4.69, 9.17) is 9.15 Å². The van der Waals surface area contributed by atoms with E-state index >= 15 is 0 Å². The molecule has 26 heavy (non-hydrogen) atoms. The second-order valence-electron chi connectivity index (χ2n) is 5.90. The van der Waals surface area contributed by atoms with E-state index in [2.05, 4.69) is 5.32 Å². The monoisotopic (exact) mass is 359 g/mol. The molecular weight excluding hydrogens is 338 g/mol. The van der Waals surface area contributed by atoms with E-state index in [1.165, 1.54) is 0 Å². The molecule has 138 valence electrons. The van der Waals surface area contributed by atoms with Gasteiger partial charge in [-0.3, -0.25) is 9.59 Å². The first-order chi connectivity index (χ1) is 12.6. The summed E-state index contributed by atoms with van der Waals surface area (Å²) in [6.07, 6.45) is -0.363. The number of carbonyl (C=O) groups excluding carboxylic acids is 3. The van der Waals surface area contributed by atoms with Gasteiger partial charge >= 0.3 is 6.09 Å². The SMILES string of the molecule is CCOC(=O)N1CCN(C(=O)CNC(=O)c2cc3ccccc3o2)CC1. The first kappa shape index (κ1) is 17.8. The van der Waals surface area contributed by atoms with Crippen molar-refractivity contribution in [1.29, 1.82) is 0 Å². The maximum atomic E-state index is 12.3. The van der Waals surface area contributed by atoms with Crippen LogP contribution in [0.15, 0.2) is 34.7 Å². The largest absolute Gasteiger partial charge is 0.451 e. The van der Waals surface area contributed by atoms with Gasteiger partial charge in [-0.15, -0.1) is 0 Å². The minimum absolute atomic E-state index is 0.116. The van der Waals surface area contributed by atoms with Crippen LogP contribution in [0.4, 0.5) is 4.79 Å². The smallest absolute Gasteiger partial charge is 0.409 e. The molecule has 1 aromatic heterocycles. The number of rotatable bonds is 4. The fraction of sp³-hybridized carbons (Fsp3) is 0.389. The Labute approximate surface area is 150 Å². The van der Waals surface area contributed by atoms with Crippen LogP contribution in [0.25, 0.3) is 11.0 Å². The lowest BCUT2D eigenvalue weighted by atomic mass is 10.2. The Hall–Kier alpha value is -3.03. The van der Waals surface area contributed by atoms with E-state index in [1.54, 1.807) is 28.9 Å². The van der Waals surface area contributed by atoms with Gasteiger partial charge in [0.05, 0.1) is 13.2 Å². The number of carbonyl (C=O) groups is 3. The number of hydrogen-bond donors (Lipinski definition) is 1. The Balaban J connectivity index is 1.48. The third-order valence-electron chi connectivity index (χ3n) is 4.21. The van der Waals surface area contributed by atoms with Gasteiger partial charge in [0, 0.05) is 31.6 Å². The van der Waals surface area contributed by atoms with Crippen LogP contribution >= 0.6 is 0 Å². The summed E-state index contributed by atoms with van der Waals surface area (Å²) in [6.45, 7) is 3.63. The van der Waals surface area contributed by atoms with Crippen molar-refractivity contribution in [3.05, 3.63) is 36.1 Å². The van der Waals surface area contributed by atoms with Crippen LogP contribution in [-0.2, 0) is 9.53 Å². The van der Waals surface area contributed by atoms with Gasteiger partial charge in [-0.2, -0.15) is 0 Å². The number of furan rings is 1. The van der Waals surface area contributed by atoms with Crippen molar-refractivity contribution in [2.75, 3.05) is 39.3 Å². The van der Waals surface area contributed by atoms with Gasteiger partial charge in [-0.25, -0.2) is 4.79 Å². The molecule has 2 aromatic rings. The number of hydrogen-bond acceptors (Lipinski definition) is 5. The van der Waals surface area contributed by atoms with E-state index in [0.29, 0.717) is 38.4 Å². The number of fused-ring (bicyclic) bond motifs is 1. The molecule has 0 radical (unpaired) electrons. The van der Waals surface area contributed by atoms with Gasteiger partial charge in [0.1, 0.15) is 5.58 Å². The minimum Gasteiger partial charge on any atom is -0.451 e. The summed E-state index contributed by atoms with van der Waals surface area (Å²) in [7, 11) is 0. The summed E-state index contributed by atoms with van der Waals surface area (Å²) in [4.78, 5) is 39.3. The predicted molar refractivity (Wildman–Crippen MR) is 93.7 cm³/mol. The molecule has 0 aliphatic carbocycles. The van der Waals surface area contributed by atoms with E-state index in [0.717, 1.165) is 5.39 Å². The lowest BCUT2D eigenvalue weighted by Crippen LogP contribution is -2.52. The van der Waals surface area contributed by atoms with E-state index in [9.17, 15) is 14.4 Å². The highest BCUT2D eigenvalue weighted by atomic mass is 16.6. The second kappa shape index (κ2) is 7.90. The molecule has 1 aromatic carbocycles. The summed E-state index contributed by atoms with van der Waals surface area (Å²) in [5, 5.41) is 3.41. The van der Waals surface area contributed by atoms with E-state index in [1.807, 2.05) is 18.2 Å². The van der Waals surface area contributed by atoms with Gasteiger partial charge in [-0.05, 0) is 19.1 Å². The number of ether oxygens (including phenoxy) is 1. The molecule has 3 amide bonds. The molecule has 3 rings (SSSR count). The highest BCUT2D eigenvalue weighted by Crippen LogP contribution is 2.18. The van der Waals surface area contributed by atoms with Crippen LogP contribution in [0.5, 0.6) is 0 Å². The number of nitrogens with zero attached hydrogens (tertiary/aromatic N) is 2. The first-order valence-electron chi connectivity index (χ1n) is 8.54. The molecule has 1 N–H and O–H groups in total. The zero-order valence-corrected chi connectivity index (χ0v) is 14.6. The fourth-order valence-electron chi connectivity index (χ4n) is 2.80. The van der Waals surface area contributed by atoms with Crippen LogP contribution in [-0.4, -0.2) is 67.0 Å². The molecule has 8 nitrogen and oxygen atoms in total. The van der Waals surface area contributed by atoms with Crippen LogP contribution in [0.3, 0.4) is 0 Å². The minimum atomic E-state index is -0.431. The highest BCUT2D eigenvalue weighted by molar-refractivity contribution is 5.97. The normalized spacial score (nSPS) is 14.3. The number of benzene rings is 1. The molecule has 0 bridgehead atoms. The lowest BCUT2D eigenvalue weighted by Gasteiger charge is -2.34. The van der Waals surface area contributed by atoms with Crippen molar-refractivity contribution < 1.29 is 23.5 Å². The van der Waals surface area contributed by atoms with Gasteiger partial charge in [-0.1, -0.05) is 18.2 Å². The molecule has 2 heterocycles. The summed E-state index contributed by atoms with van der Waals surface area (Å²) < 4.78 is 10.4. The van der Waals surface area contributed by atoms with Crippen molar-refractivity contribution in [2.24, 2.45) is 0 Å². The van der Waals surface area contributed by atoms with Crippen LogP contribution in [0.2, 0.25) is 0 Å². The Morgan fingerprint density at radius 1 is 1.12 bits per heavy atom. The average molecular weight is 359 g/mol. The van der Waals surface area contributed by atoms with Crippen molar-refractivity contribution >= 4 is 28.9 Å². The maximum Gasteiger partial charge on any atom is 0.409 e. The van der Waals surface area contributed by atoms with Crippen LogP contribution in [0, 0.1) is 0 Å². The Morgan fingerprint density at radius 2 is 1.81 bits per heavy atom. The number of para-hydroxylation sites is 1. The maximum absolute atomic E-state index is 12.3. The van der Waals surface area contributed by atoms with Gasteiger partial charge in [0.15, 0.2) is 5.76 Å². The molecule has 1 aliphatic heterocycles. The molecule has 0 spiro atoms. The topological polar surface area (TPSA) is 92.1 Å². The first-order valence-corrected chi connectivity index (χ1v) is 8.54. The summed E-state index contributed by atoms with van der Waals surface area (Å²) in [6, 6.07) is 8.96. The Morgan fingerprint density at radius 3 is 2.50 bits per heavy atom. The second-order valence-corrected chi connectivity index (χ2v) is 5.90. The van der Waals surface area contributed by atoms with Crippen molar-refractivity contribution in [1.82, 2.24) is 15.1 Å². The average Bonchev–Trinajstić information content (AvgIpc) is 3.10. The van der Waals surface area contributed by atoms with Crippen molar-refractivity contribution in [2.45, 2.75) is 6.92 Å². The number of nitrogens with one attached hydrogen (secondary N) is 1. The number of piperazine rings is 1. The fourth-order valence-corrected chi connectivity index (χ4v) is 2.80. The quantitative estimate of drug-likeness (QED) is 0.892. The zero-order chi connectivity index (χ0) is 18.5. The van der Waals surface area contributed by atoms with E-state index < -0.39 is 5.91 Å². The molecule has 1 aliphatic rings. The predicted octanol–water partition coefficient (Wildman–Crippen LogP) is 1.46. The van der Waals surface area contributed by atoms with Crippen LogP contribution in [0.1, 0.15) is 17.5 Å². The van der Waals surface area contributed by atoms with Crippen LogP contribution < -0.4 is 5.32 Å². The van der Waals surface area contributed by atoms with Gasteiger partial charge < -0.3 is 24.3 Å². The molecule has 0 atom stereocenters. The standard InChI is InChI=1S/C18H21N3O5/c1-2-25-18(24)21-9-7-20(8-10-21)16(22)12-19-17(23)15-11-13-5-3-4-6-14(13)26-15/h3-6,11H,2,7-10,12H2,1H3,(H,19,23). The number of amides is 3. The summed E-state index contributed by atoms with van der Waals surface area (Å²) >= 11 is 0.